The lowest BCUT2D eigenvalue weighted by atomic mass is 10.1. The third-order valence-corrected chi connectivity index (χ3v) is 4.43. The summed E-state index contributed by atoms with van der Waals surface area (Å²) >= 11 is 0. The molecule has 0 amide bonds. The van der Waals surface area contributed by atoms with Crippen LogP contribution in [0.15, 0.2) is 60.7 Å². The lowest BCUT2D eigenvalue weighted by Crippen LogP contribution is -2.45. The van der Waals surface area contributed by atoms with Crippen molar-refractivity contribution in [3.05, 3.63) is 77.4 Å². The second-order valence-corrected chi connectivity index (χ2v) is 6.38. The van der Waals surface area contributed by atoms with E-state index >= 15 is 0 Å². The van der Waals surface area contributed by atoms with Gasteiger partial charge in [0.25, 0.3) is 0 Å². The van der Waals surface area contributed by atoms with E-state index in [4.69, 9.17) is 0 Å². The third-order valence-electron chi connectivity index (χ3n) is 4.43. The van der Waals surface area contributed by atoms with Crippen LogP contribution in [0.2, 0.25) is 0 Å². The fraction of sp³-hybridized carbons (Fsp3) is 0.333. The summed E-state index contributed by atoms with van der Waals surface area (Å²) in [4.78, 5) is 5.10. The third kappa shape index (κ3) is 5.05. The van der Waals surface area contributed by atoms with Gasteiger partial charge in [-0.25, -0.2) is 0 Å². The largest absolute Gasteiger partial charge is 0.297 e. The minimum Gasteiger partial charge on any atom is -0.297 e. The van der Waals surface area contributed by atoms with Crippen molar-refractivity contribution in [2.45, 2.75) is 13.5 Å². The topological polar surface area (TPSA) is 6.48 Å². The summed E-state index contributed by atoms with van der Waals surface area (Å²) in [5, 5.41) is 0. The lowest BCUT2D eigenvalue weighted by molar-refractivity contribution is 0.137. The number of nitrogens with zero attached hydrogens (tertiary/aromatic N) is 2. The standard InChI is InChI=1S/C21H26N2/c1-19-7-5-10-21(17-19)18-23-15-13-22(14-16-23)12-6-11-20-8-3-2-4-9-20/h2-11,17H,12-16,18H2,1H3/b11-6+. The van der Waals surface area contributed by atoms with Crippen LogP contribution in [0.1, 0.15) is 16.7 Å². The number of hydrogen-bond acceptors (Lipinski definition) is 2. The normalized spacial score (nSPS) is 16.9. The SMILES string of the molecule is Cc1cccc(CN2CCN(C/C=C/c3ccccc3)CC2)c1. The van der Waals surface area contributed by atoms with Crippen molar-refractivity contribution < 1.29 is 0 Å². The Kier molecular flexibility index (Phi) is 5.62. The van der Waals surface area contributed by atoms with Crippen LogP contribution in [0.5, 0.6) is 0 Å². The van der Waals surface area contributed by atoms with Gasteiger partial charge < -0.3 is 0 Å². The first kappa shape index (κ1) is 16.0. The van der Waals surface area contributed by atoms with Crippen LogP contribution in [0.4, 0.5) is 0 Å². The smallest absolute Gasteiger partial charge is 0.0234 e. The lowest BCUT2D eigenvalue weighted by Gasteiger charge is -2.34. The fourth-order valence-corrected chi connectivity index (χ4v) is 3.10. The average Bonchev–Trinajstić information content (AvgIpc) is 2.58. The highest BCUT2D eigenvalue weighted by Gasteiger charge is 2.15. The molecule has 2 aromatic rings. The Morgan fingerprint density at radius 1 is 0.870 bits per heavy atom. The zero-order chi connectivity index (χ0) is 15.9. The van der Waals surface area contributed by atoms with Crippen LogP contribution >= 0.6 is 0 Å². The molecule has 0 spiro atoms. The number of benzene rings is 2. The minimum atomic E-state index is 1.05. The molecule has 2 heteroatoms. The molecule has 0 aromatic heterocycles. The maximum absolute atomic E-state index is 2.56. The van der Waals surface area contributed by atoms with E-state index in [1.54, 1.807) is 0 Å². The molecule has 0 N–H and O–H groups in total. The molecule has 0 bridgehead atoms. The predicted octanol–water partition coefficient (Wildman–Crippen LogP) is 3.83. The molecule has 0 radical (unpaired) electrons. The van der Waals surface area contributed by atoms with Crippen LogP contribution < -0.4 is 0 Å². The van der Waals surface area contributed by atoms with Gasteiger partial charge in [-0.2, -0.15) is 0 Å². The molecule has 0 saturated carbocycles. The van der Waals surface area contributed by atoms with E-state index in [0.717, 1.165) is 39.3 Å². The molecule has 3 rings (SSSR count). The van der Waals surface area contributed by atoms with Gasteiger partial charge >= 0.3 is 0 Å². The molecule has 23 heavy (non-hydrogen) atoms. The molecule has 0 unspecified atom stereocenters. The second kappa shape index (κ2) is 8.09. The Bertz CT molecular complexity index is 625. The van der Waals surface area contributed by atoms with E-state index in [0.29, 0.717) is 0 Å². The van der Waals surface area contributed by atoms with E-state index in [1.807, 2.05) is 0 Å². The quantitative estimate of drug-likeness (QED) is 0.828. The molecule has 1 aliphatic rings. The zero-order valence-corrected chi connectivity index (χ0v) is 14.0. The second-order valence-electron chi connectivity index (χ2n) is 6.38. The van der Waals surface area contributed by atoms with Gasteiger partial charge in [-0.05, 0) is 18.1 Å². The van der Waals surface area contributed by atoms with E-state index in [-0.39, 0.29) is 0 Å². The highest BCUT2D eigenvalue weighted by Crippen LogP contribution is 2.10. The van der Waals surface area contributed by atoms with Gasteiger partial charge in [0.1, 0.15) is 0 Å². The van der Waals surface area contributed by atoms with E-state index < -0.39 is 0 Å². The number of hydrogen-bond donors (Lipinski definition) is 0. The molecular weight excluding hydrogens is 280 g/mol. The van der Waals surface area contributed by atoms with Crippen LogP contribution in [0, 0.1) is 6.92 Å². The molecular formula is C21H26N2. The maximum atomic E-state index is 2.56. The van der Waals surface area contributed by atoms with Crippen LogP contribution in [-0.2, 0) is 6.54 Å². The van der Waals surface area contributed by atoms with Gasteiger partial charge in [-0.3, -0.25) is 9.80 Å². The minimum absolute atomic E-state index is 1.05. The Morgan fingerprint density at radius 2 is 1.61 bits per heavy atom. The van der Waals surface area contributed by atoms with E-state index in [9.17, 15) is 0 Å². The zero-order valence-electron chi connectivity index (χ0n) is 14.0. The molecule has 120 valence electrons. The monoisotopic (exact) mass is 306 g/mol. The first-order chi connectivity index (χ1) is 11.3. The van der Waals surface area contributed by atoms with Crippen molar-refractivity contribution in [3.63, 3.8) is 0 Å². The van der Waals surface area contributed by atoms with Gasteiger partial charge in [0.15, 0.2) is 0 Å². The molecule has 1 heterocycles. The van der Waals surface area contributed by atoms with Crippen molar-refractivity contribution in [3.8, 4) is 0 Å². The number of rotatable bonds is 5. The van der Waals surface area contributed by atoms with Crippen LogP contribution in [0.3, 0.4) is 0 Å². The molecule has 2 aromatic carbocycles. The fourth-order valence-electron chi connectivity index (χ4n) is 3.10. The van der Waals surface area contributed by atoms with Crippen LogP contribution in [0.25, 0.3) is 6.08 Å². The van der Waals surface area contributed by atoms with Crippen molar-refractivity contribution >= 4 is 6.08 Å². The Hall–Kier alpha value is -1.90. The van der Waals surface area contributed by atoms with E-state index in [2.05, 4.69) is 83.5 Å². The Morgan fingerprint density at radius 3 is 2.35 bits per heavy atom. The van der Waals surface area contributed by atoms with Gasteiger partial charge in [0.2, 0.25) is 0 Å². The first-order valence-corrected chi connectivity index (χ1v) is 8.51. The summed E-state index contributed by atoms with van der Waals surface area (Å²) in [5.74, 6) is 0. The van der Waals surface area contributed by atoms with Crippen LogP contribution in [-0.4, -0.2) is 42.5 Å². The Labute approximate surface area is 140 Å². The summed E-state index contributed by atoms with van der Waals surface area (Å²) in [7, 11) is 0. The molecule has 1 aliphatic heterocycles. The van der Waals surface area contributed by atoms with Crippen molar-refractivity contribution in [1.82, 2.24) is 9.80 Å². The predicted molar refractivity (Wildman–Crippen MR) is 98.4 cm³/mol. The van der Waals surface area contributed by atoms with Crippen molar-refractivity contribution in [2.75, 3.05) is 32.7 Å². The van der Waals surface area contributed by atoms with Gasteiger partial charge in [0.05, 0.1) is 0 Å². The first-order valence-electron chi connectivity index (χ1n) is 8.51. The summed E-state index contributed by atoms with van der Waals surface area (Å²) in [6, 6.07) is 19.4. The maximum Gasteiger partial charge on any atom is 0.0234 e. The van der Waals surface area contributed by atoms with Crippen molar-refractivity contribution in [1.29, 1.82) is 0 Å². The summed E-state index contributed by atoms with van der Waals surface area (Å²) in [6.45, 7) is 8.93. The van der Waals surface area contributed by atoms with Gasteiger partial charge in [-0.15, -0.1) is 0 Å². The summed E-state index contributed by atoms with van der Waals surface area (Å²) in [5.41, 5.74) is 4.07. The number of piperazine rings is 1. The van der Waals surface area contributed by atoms with Crippen molar-refractivity contribution in [2.24, 2.45) is 0 Å². The highest BCUT2D eigenvalue weighted by molar-refractivity contribution is 5.48. The number of aryl methyl sites for hydroxylation is 1. The Balaban J connectivity index is 1.42. The molecule has 1 saturated heterocycles. The molecule has 2 nitrogen and oxygen atoms in total. The highest BCUT2D eigenvalue weighted by atomic mass is 15.3. The van der Waals surface area contributed by atoms with E-state index in [1.165, 1.54) is 16.7 Å². The van der Waals surface area contributed by atoms with Gasteiger partial charge in [-0.1, -0.05) is 72.3 Å². The molecule has 0 atom stereocenters. The summed E-state index contributed by atoms with van der Waals surface area (Å²) in [6.07, 6.45) is 4.50. The average molecular weight is 306 g/mol. The molecule has 0 aliphatic carbocycles. The summed E-state index contributed by atoms with van der Waals surface area (Å²) < 4.78 is 0. The van der Waals surface area contributed by atoms with Gasteiger partial charge in [0, 0.05) is 39.3 Å². The molecule has 1 fully saturated rings.